The average molecular weight is 1090 g/mol. The number of nitrogens with one attached hydrogen (secondary N) is 1. The van der Waals surface area contributed by atoms with E-state index in [1.807, 2.05) is 6.08 Å². The molecule has 1 fully saturated rings. The maximum Gasteiger partial charge on any atom is 0.305 e. The van der Waals surface area contributed by atoms with E-state index in [4.69, 9.17) is 14.2 Å². The van der Waals surface area contributed by atoms with Crippen molar-refractivity contribution >= 4 is 11.9 Å². The third-order valence-corrected chi connectivity index (χ3v) is 15.2. The van der Waals surface area contributed by atoms with E-state index in [0.717, 1.165) is 83.5 Å². The van der Waals surface area contributed by atoms with E-state index >= 15 is 0 Å². The summed E-state index contributed by atoms with van der Waals surface area (Å²) in [7, 11) is 0. The van der Waals surface area contributed by atoms with Gasteiger partial charge in [-0.05, 0) is 89.9 Å². The molecule has 11 heteroatoms. The molecule has 0 aliphatic carbocycles. The van der Waals surface area contributed by atoms with E-state index in [-0.39, 0.29) is 18.5 Å². The quantitative estimate of drug-likeness (QED) is 0.0195. The first-order chi connectivity index (χ1) is 37.7. The van der Waals surface area contributed by atoms with Gasteiger partial charge < -0.3 is 45.1 Å². The third kappa shape index (κ3) is 45.0. The summed E-state index contributed by atoms with van der Waals surface area (Å²) in [6, 6.07) is -0.815. The minimum Gasteiger partial charge on any atom is -0.466 e. The van der Waals surface area contributed by atoms with Crippen molar-refractivity contribution in [2.45, 2.75) is 339 Å². The lowest BCUT2D eigenvalue weighted by Gasteiger charge is -2.40. The van der Waals surface area contributed by atoms with Crippen LogP contribution in [0, 0.1) is 0 Å². The standard InChI is InChI=1S/C66H121NO10/c1-3-5-7-9-11-13-14-15-16-17-21-25-28-31-34-38-42-46-50-54-62(71)75-55-51-47-43-39-35-32-29-26-23-20-18-19-22-24-27-30-33-37-41-45-49-53-61(70)67-58(59(69)52-48-44-40-36-12-10-8-6-4-2)57-76-66-65(74)64(73)63(72)60(56-68)77-66/h11,13,15-16,19,22,48,52,58-60,63-66,68-69,72-74H,3-10,12,14,17-18,20-21,23-47,49-51,53-57H2,1-2H3,(H,67,70)/b13-11-,16-15-,22-19-,52-48+. The van der Waals surface area contributed by atoms with Gasteiger partial charge >= 0.3 is 5.97 Å². The van der Waals surface area contributed by atoms with Crippen LogP contribution in [-0.4, -0.2) is 100 Å². The lowest BCUT2D eigenvalue weighted by atomic mass is 9.99. The van der Waals surface area contributed by atoms with Crippen LogP contribution in [-0.2, 0) is 23.8 Å². The van der Waals surface area contributed by atoms with Gasteiger partial charge in [0, 0.05) is 12.8 Å². The minimum absolute atomic E-state index is 0.00905. The van der Waals surface area contributed by atoms with Crippen LogP contribution >= 0.6 is 0 Å². The van der Waals surface area contributed by atoms with Crippen LogP contribution in [0.5, 0.6) is 0 Å². The molecule has 1 heterocycles. The fourth-order valence-corrected chi connectivity index (χ4v) is 9.99. The molecule has 1 rings (SSSR count). The summed E-state index contributed by atoms with van der Waals surface area (Å²) in [5.74, 6) is -0.201. The SMILES string of the molecule is CCCCC/C=C\C/C=C\CCCCCCCCCCCC(=O)OCCCCCCCCCCCC/C=C\CCCCCCCCCC(=O)NC(COC1OC(CO)C(O)C(O)C1O)C(O)/C=C/CCCCCCCCC. The van der Waals surface area contributed by atoms with Gasteiger partial charge in [0.1, 0.15) is 24.4 Å². The minimum atomic E-state index is -1.57. The second kappa shape index (κ2) is 55.5. The second-order valence-corrected chi connectivity index (χ2v) is 22.5. The fraction of sp³-hybridized carbons (Fsp3) is 0.848. The highest BCUT2D eigenvalue weighted by atomic mass is 16.7. The van der Waals surface area contributed by atoms with Crippen LogP contribution in [0.15, 0.2) is 48.6 Å². The molecule has 450 valence electrons. The van der Waals surface area contributed by atoms with E-state index in [1.54, 1.807) is 6.08 Å². The molecule has 1 amide bonds. The molecular weight excluding hydrogens is 967 g/mol. The fourth-order valence-electron chi connectivity index (χ4n) is 9.99. The van der Waals surface area contributed by atoms with Crippen LogP contribution in [0.3, 0.4) is 0 Å². The molecule has 0 aromatic heterocycles. The number of carbonyl (C=O) groups excluding carboxylic acids is 2. The van der Waals surface area contributed by atoms with Crippen molar-refractivity contribution in [2.24, 2.45) is 0 Å². The van der Waals surface area contributed by atoms with Crippen LogP contribution < -0.4 is 5.32 Å². The highest BCUT2D eigenvalue weighted by Gasteiger charge is 2.44. The van der Waals surface area contributed by atoms with Gasteiger partial charge in [0.05, 0.1) is 32.0 Å². The van der Waals surface area contributed by atoms with Crippen LogP contribution in [0.25, 0.3) is 0 Å². The molecule has 77 heavy (non-hydrogen) atoms. The lowest BCUT2D eigenvalue weighted by Crippen LogP contribution is -2.60. The first-order valence-electron chi connectivity index (χ1n) is 32.4. The van der Waals surface area contributed by atoms with Gasteiger partial charge in [0.2, 0.25) is 5.91 Å². The number of rotatable bonds is 56. The molecule has 0 bridgehead atoms. The van der Waals surface area contributed by atoms with E-state index < -0.39 is 49.5 Å². The van der Waals surface area contributed by atoms with Crippen LogP contribution in [0.2, 0.25) is 0 Å². The first-order valence-corrected chi connectivity index (χ1v) is 32.4. The molecule has 6 N–H and O–H groups in total. The van der Waals surface area contributed by atoms with E-state index in [0.29, 0.717) is 19.4 Å². The molecule has 0 spiro atoms. The average Bonchev–Trinajstić information content (AvgIpc) is 3.43. The predicted molar refractivity (Wildman–Crippen MR) is 320 cm³/mol. The summed E-state index contributed by atoms with van der Waals surface area (Å²) in [6.45, 7) is 4.28. The monoisotopic (exact) mass is 1090 g/mol. The number of carbonyl (C=O) groups is 2. The summed E-state index contributed by atoms with van der Waals surface area (Å²) in [5, 5.41) is 54.2. The van der Waals surface area contributed by atoms with E-state index in [1.165, 1.54) is 186 Å². The Hall–Kier alpha value is -2.38. The number of hydrogen-bond donors (Lipinski definition) is 6. The van der Waals surface area contributed by atoms with Crippen molar-refractivity contribution in [1.82, 2.24) is 5.32 Å². The number of aliphatic hydroxyl groups is 5. The van der Waals surface area contributed by atoms with Crippen molar-refractivity contribution in [3.63, 3.8) is 0 Å². The van der Waals surface area contributed by atoms with Gasteiger partial charge in [-0.2, -0.15) is 0 Å². The zero-order valence-corrected chi connectivity index (χ0v) is 49.7. The zero-order valence-electron chi connectivity index (χ0n) is 49.7. The van der Waals surface area contributed by atoms with Crippen molar-refractivity contribution < 1.29 is 49.3 Å². The van der Waals surface area contributed by atoms with Gasteiger partial charge in [-0.3, -0.25) is 9.59 Å². The van der Waals surface area contributed by atoms with Crippen molar-refractivity contribution in [1.29, 1.82) is 0 Å². The maximum atomic E-state index is 13.0. The highest BCUT2D eigenvalue weighted by Crippen LogP contribution is 2.23. The van der Waals surface area contributed by atoms with Crippen LogP contribution in [0.1, 0.15) is 296 Å². The number of amides is 1. The molecule has 7 unspecified atom stereocenters. The Morgan fingerprint density at radius 2 is 0.870 bits per heavy atom. The Morgan fingerprint density at radius 1 is 0.481 bits per heavy atom. The second-order valence-electron chi connectivity index (χ2n) is 22.5. The van der Waals surface area contributed by atoms with E-state index in [9.17, 15) is 35.1 Å². The molecule has 7 atom stereocenters. The predicted octanol–water partition coefficient (Wildman–Crippen LogP) is 15.6. The van der Waals surface area contributed by atoms with Gasteiger partial charge in [-0.25, -0.2) is 0 Å². The Kier molecular flexibility index (Phi) is 52.4. The Morgan fingerprint density at radius 3 is 1.35 bits per heavy atom. The number of aliphatic hydroxyl groups excluding tert-OH is 5. The van der Waals surface area contributed by atoms with Gasteiger partial charge in [-0.1, -0.05) is 242 Å². The number of unbranched alkanes of at least 4 members (excludes halogenated alkanes) is 36. The van der Waals surface area contributed by atoms with Gasteiger partial charge in [-0.15, -0.1) is 0 Å². The molecule has 11 nitrogen and oxygen atoms in total. The molecule has 1 aliphatic heterocycles. The van der Waals surface area contributed by atoms with Gasteiger partial charge in [0.25, 0.3) is 0 Å². The maximum absolute atomic E-state index is 13.0. The van der Waals surface area contributed by atoms with Crippen molar-refractivity contribution in [3.05, 3.63) is 48.6 Å². The summed E-state index contributed by atoms with van der Waals surface area (Å²) in [6.07, 6.45) is 60.9. The summed E-state index contributed by atoms with van der Waals surface area (Å²) in [4.78, 5) is 25.1. The summed E-state index contributed by atoms with van der Waals surface area (Å²) >= 11 is 0. The molecule has 0 aromatic rings. The molecule has 1 saturated heterocycles. The molecule has 0 radical (unpaired) electrons. The molecule has 0 saturated carbocycles. The van der Waals surface area contributed by atoms with E-state index in [2.05, 4.69) is 55.6 Å². The summed E-state index contributed by atoms with van der Waals surface area (Å²) in [5.41, 5.74) is 0. The Bertz CT molecular complexity index is 1420. The normalized spacial score (nSPS) is 18.9. The Labute approximate surface area is 472 Å². The smallest absolute Gasteiger partial charge is 0.305 e. The first kappa shape index (κ1) is 72.6. The largest absolute Gasteiger partial charge is 0.466 e. The number of esters is 1. The van der Waals surface area contributed by atoms with Gasteiger partial charge in [0.15, 0.2) is 6.29 Å². The Balaban J connectivity index is 1.97. The topological polar surface area (TPSA) is 175 Å². The number of hydrogen-bond acceptors (Lipinski definition) is 10. The lowest BCUT2D eigenvalue weighted by molar-refractivity contribution is -0.302. The highest BCUT2D eigenvalue weighted by molar-refractivity contribution is 5.76. The van der Waals surface area contributed by atoms with Crippen molar-refractivity contribution in [3.8, 4) is 0 Å². The van der Waals surface area contributed by atoms with Crippen molar-refractivity contribution in [2.75, 3.05) is 19.8 Å². The molecular formula is C66H121NO10. The van der Waals surface area contributed by atoms with Crippen LogP contribution in [0.4, 0.5) is 0 Å². The zero-order chi connectivity index (χ0) is 55.9. The third-order valence-electron chi connectivity index (χ3n) is 15.2. The molecule has 1 aliphatic rings. The number of ether oxygens (including phenoxy) is 3. The molecule has 0 aromatic carbocycles. The number of allylic oxidation sites excluding steroid dienone is 7. The summed E-state index contributed by atoms with van der Waals surface area (Å²) < 4.78 is 16.7.